The zero-order valence-corrected chi connectivity index (χ0v) is 14.5. The zero-order valence-electron chi connectivity index (χ0n) is 14.5. The maximum Gasteiger partial charge on any atom is 0.312 e. The second-order valence-corrected chi connectivity index (χ2v) is 5.69. The van der Waals surface area contributed by atoms with Crippen LogP contribution in [0.3, 0.4) is 0 Å². The van der Waals surface area contributed by atoms with Gasteiger partial charge in [0, 0.05) is 0 Å². The fourth-order valence-corrected chi connectivity index (χ4v) is 2.22. The second-order valence-electron chi connectivity index (χ2n) is 5.69. The second kappa shape index (κ2) is 11.9. The van der Waals surface area contributed by atoms with Crippen molar-refractivity contribution in [1.29, 1.82) is 0 Å². The van der Waals surface area contributed by atoms with E-state index >= 15 is 0 Å². The van der Waals surface area contributed by atoms with Crippen LogP contribution in [0.2, 0.25) is 0 Å². The Hall–Kier alpha value is -2.57. The third-order valence-corrected chi connectivity index (χ3v) is 3.51. The Morgan fingerprint density at radius 1 is 1.00 bits per heavy atom. The Labute approximate surface area is 147 Å². The summed E-state index contributed by atoms with van der Waals surface area (Å²) in [6.45, 7) is 2.69. The molecule has 1 aromatic rings. The van der Waals surface area contributed by atoms with Crippen LogP contribution in [0.4, 0.5) is 0 Å². The summed E-state index contributed by atoms with van der Waals surface area (Å²) in [5, 5.41) is 8.51. The first-order valence-corrected chi connectivity index (χ1v) is 8.57. The van der Waals surface area contributed by atoms with Gasteiger partial charge in [-0.25, -0.2) is 0 Å². The molecule has 7 heteroatoms. The van der Waals surface area contributed by atoms with Gasteiger partial charge in [0.15, 0.2) is 0 Å². The van der Waals surface area contributed by atoms with E-state index in [-0.39, 0.29) is 5.56 Å². The van der Waals surface area contributed by atoms with Crippen molar-refractivity contribution in [3.8, 4) is 5.75 Å². The summed E-state index contributed by atoms with van der Waals surface area (Å²) >= 11 is 0. The van der Waals surface area contributed by atoms with Crippen molar-refractivity contribution in [2.24, 2.45) is 0 Å². The number of nitrogens with one attached hydrogen (secondary N) is 2. The highest BCUT2D eigenvalue weighted by molar-refractivity contribution is 5.99. The topological polar surface area (TPSA) is 105 Å². The molecule has 0 unspecified atom stereocenters. The van der Waals surface area contributed by atoms with Crippen molar-refractivity contribution in [1.82, 2.24) is 10.9 Å². The maximum atomic E-state index is 12.1. The largest absolute Gasteiger partial charge is 0.493 e. The Kier molecular flexibility index (Phi) is 9.74. The van der Waals surface area contributed by atoms with Gasteiger partial charge < -0.3 is 9.84 Å². The summed E-state index contributed by atoms with van der Waals surface area (Å²) in [7, 11) is 0. The van der Waals surface area contributed by atoms with Gasteiger partial charge in [0.2, 0.25) is 5.91 Å². The SMILES string of the molecule is CCCCCCCCOc1ccccc1C(=O)NNC(=O)CC(=O)O. The third-order valence-electron chi connectivity index (χ3n) is 3.51. The molecule has 3 N–H and O–H groups in total. The molecule has 7 nitrogen and oxygen atoms in total. The lowest BCUT2D eigenvalue weighted by atomic mass is 10.1. The van der Waals surface area contributed by atoms with Gasteiger partial charge >= 0.3 is 5.97 Å². The first-order chi connectivity index (χ1) is 12.0. The van der Waals surface area contributed by atoms with Crippen molar-refractivity contribution in [3.05, 3.63) is 29.8 Å². The Bertz CT molecular complexity index is 574. The lowest BCUT2D eigenvalue weighted by Crippen LogP contribution is -2.42. The van der Waals surface area contributed by atoms with Gasteiger partial charge in [-0.15, -0.1) is 0 Å². The summed E-state index contributed by atoms with van der Waals surface area (Å²) in [4.78, 5) is 33.8. The standard InChI is InChI=1S/C18H26N2O5/c1-2-3-4-5-6-9-12-25-15-11-8-7-10-14(15)18(24)20-19-16(21)13-17(22)23/h7-8,10-11H,2-6,9,12-13H2,1H3,(H,19,21)(H,20,24)(H,22,23). The number of hydrogen-bond donors (Lipinski definition) is 3. The highest BCUT2D eigenvalue weighted by Gasteiger charge is 2.14. The van der Waals surface area contributed by atoms with Crippen LogP contribution in [0.25, 0.3) is 0 Å². The van der Waals surface area contributed by atoms with Crippen LogP contribution >= 0.6 is 0 Å². The lowest BCUT2D eigenvalue weighted by Gasteiger charge is -2.12. The molecule has 0 fully saturated rings. The van der Waals surface area contributed by atoms with Crippen LogP contribution in [0, 0.1) is 0 Å². The number of carboxylic acids is 1. The lowest BCUT2D eigenvalue weighted by molar-refractivity contribution is -0.140. The molecule has 0 atom stereocenters. The minimum absolute atomic E-state index is 0.282. The van der Waals surface area contributed by atoms with E-state index in [9.17, 15) is 14.4 Å². The molecule has 0 aliphatic rings. The molecule has 0 heterocycles. The molecular weight excluding hydrogens is 324 g/mol. The van der Waals surface area contributed by atoms with Gasteiger partial charge in [0.1, 0.15) is 12.2 Å². The molecule has 25 heavy (non-hydrogen) atoms. The smallest absolute Gasteiger partial charge is 0.312 e. The van der Waals surface area contributed by atoms with Gasteiger partial charge in [0.25, 0.3) is 5.91 Å². The zero-order chi connectivity index (χ0) is 18.5. The molecule has 2 amide bonds. The van der Waals surface area contributed by atoms with Gasteiger partial charge in [-0.3, -0.25) is 25.2 Å². The van der Waals surface area contributed by atoms with Gasteiger partial charge in [0.05, 0.1) is 12.2 Å². The van der Waals surface area contributed by atoms with Crippen LogP contribution < -0.4 is 15.6 Å². The van der Waals surface area contributed by atoms with Crippen LogP contribution in [0.1, 0.15) is 62.2 Å². The fraction of sp³-hybridized carbons (Fsp3) is 0.500. The molecule has 1 rings (SSSR count). The van der Waals surface area contributed by atoms with Crippen molar-refractivity contribution in [2.45, 2.75) is 51.9 Å². The van der Waals surface area contributed by atoms with Crippen LogP contribution in [0.5, 0.6) is 5.75 Å². The third kappa shape index (κ3) is 8.74. The molecule has 0 spiro atoms. The summed E-state index contributed by atoms with van der Waals surface area (Å²) in [6, 6.07) is 6.71. The van der Waals surface area contributed by atoms with E-state index in [1.807, 2.05) is 0 Å². The summed E-state index contributed by atoms with van der Waals surface area (Å²) < 4.78 is 5.67. The number of hydrogen-bond acceptors (Lipinski definition) is 4. The van der Waals surface area contributed by atoms with E-state index < -0.39 is 24.2 Å². The number of aliphatic carboxylic acids is 1. The maximum absolute atomic E-state index is 12.1. The van der Waals surface area contributed by atoms with Crippen molar-refractivity contribution < 1.29 is 24.2 Å². The molecule has 0 aromatic heterocycles. The van der Waals surface area contributed by atoms with Crippen molar-refractivity contribution >= 4 is 17.8 Å². The summed E-state index contributed by atoms with van der Waals surface area (Å²) in [6.07, 6.45) is 6.14. The number of para-hydroxylation sites is 1. The number of benzene rings is 1. The molecule has 0 saturated heterocycles. The normalized spacial score (nSPS) is 10.1. The average molecular weight is 350 g/mol. The predicted molar refractivity (Wildman–Crippen MR) is 93.2 cm³/mol. The number of carbonyl (C=O) groups is 3. The fourth-order valence-electron chi connectivity index (χ4n) is 2.22. The Balaban J connectivity index is 2.43. The molecule has 138 valence electrons. The number of ether oxygens (including phenoxy) is 1. The minimum Gasteiger partial charge on any atom is -0.493 e. The number of carboxylic acid groups (broad SMARTS) is 1. The van der Waals surface area contributed by atoms with E-state index in [1.54, 1.807) is 24.3 Å². The molecule has 1 aromatic carbocycles. The van der Waals surface area contributed by atoms with Gasteiger partial charge in [-0.05, 0) is 18.6 Å². The molecule has 0 aliphatic carbocycles. The van der Waals surface area contributed by atoms with Crippen LogP contribution in [0.15, 0.2) is 24.3 Å². The molecule has 0 saturated carbocycles. The van der Waals surface area contributed by atoms with E-state index in [4.69, 9.17) is 9.84 Å². The van der Waals surface area contributed by atoms with Gasteiger partial charge in [-0.1, -0.05) is 51.2 Å². The van der Waals surface area contributed by atoms with Crippen LogP contribution in [-0.4, -0.2) is 29.5 Å². The Morgan fingerprint density at radius 2 is 1.68 bits per heavy atom. The van der Waals surface area contributed by atoms with Crippen LogP contribution in [-0.2, 0) is 9.59 Å². The number of hydrazine groups is 1. The predicted octanol–water partition coefficient (Wildman–Crippen LogP) is 2.66. The van der Waals surface area contributed by atoms with Crippen molar-refractivity contribution in [3.63, 3.8) is 0 Å². The summed E-state index contributed by atoms with van der Waals surface area (Å²) in [5.74, 6) is -2.20. The van der Waals surface area contributed by atoms with E-state index in [1.165, 1.54) is 25.7 Å². The van der Waals surface area contributed by atoms with Gasteiger partial charge in [-0.2, -0.15) is 0 Å². The number of unbranched alkanes of at least 4 members (excludes halogenated alkanes) is 5. The molecule has 0 radical (unpaired) electrons. The summed E-state index contributed by atoms with van der Waals surface area (Å²) in [5.41, 5.74) is 4.53. The average Bonchev–Trinajstić information content (AvgIpc) is 2.58. The Morgan fingerprint density at radius 3 is 2.40 bits per heavy atom. The quantitative estimate of drug-likeness (QED) is 0.323. The first-order valence-electron chi connectivity index (χ1n) is 8.57. The minimum atomic E-state index is -1.27. The number of amides is 2. The van der Waals surface area contributed by atoms with E-state index in [2.05, 4.69) is 17.8 Å². The number of carbonyl (C=O) groups excluding carboxylic acids is 2. The van der Waals surface area contributed by atoms with Crippen molar-refractivity contribution in [2.75, 3.05) is 6.61 Å². The number of rotatable bonds is 11. The van der Waals surface area contributed by atoms with E-state index in [0.29, 0.717) is 12.4 Å². The monoisotopic (exact) mass is 350 g/mol. The van der Waals surface area contributed by atoms with E-state index in [0.717, 1.165) is 12.8 Å². The molecular formula is C18H26N2O5. The molecule has 0 aliphatic heterocycles. The highest BCUT2D eigenvalue weighted by Crippen LogP contribution is 2.18. The molecule has 0 bridgehead atoms. The highest BCUT2D eigenvalue weighted by atomic mass is 16.5. The first kappa shape index (κ1) is 20.5.